The lowest BCUT2D eigenvalue weighted by Crippen LogP contribution is -2.51. The van der Waals surface area contributed by atoms with E-state index < -0.39 is 0 Å². The molecule has 0 aliphatic carbocycles. The van der Waals surface area contributed by atoms with E-state index in [-0.39, 0.29) is 24.0 Å². The second-order valence-electron chi connectivity index (χ2n) is 6.89. The number of anilines is 1. The number of ether oxygens (including phenoxy) is 1. The number of halogens is 1. The van der Waals surface area contributed by atoms with Gasteiger partial charge in [0.2, 0.25) is 0 Å². The Morgan fingerprint density at radius 1 is 1.34 bits per heavy atom. The summed E-state index contributed by atoms with van der Waals surface area (Å²) < 4.78 is 7.61. The molecule has 1 atom stereocenters. The van der Waals surface area contributed by atoms with Crippen LogP contribution in [0.3, 0.4) is 0 Å². The molecule has 1 aromatic heterocycles. The van der Waals surface area contributed by atoms with Gasteiger partial charge in [-0.25, -0.2) is 0 Å². The predicted molar refractivity (Wildman–Crippen MR) is 128 cm³/mol. The van der Waals surface area contributed by atoms with Crippen LogP contribution in [0.25, 0.3) is 0 Å². The maximum absolute atomic E-state index is 5.53. The third kappa shape index (κ3) is 6.22. The van der Waals surface area contributed by atoms with Crippen molar-refractivity contribution in [1.82, 2.24) is 25.4 Å². The van der Waals surface area contributed by atoms with E-state index in [0.717, 1.165) is 68.7 Å². The number of nitrogens with zero attached hydrogens (tertiary/aromatic N) is 5. The molecule has 0 radical (unpaired) electrons. The maximum Gasteiger partial charge on any atom is 0.191 e. The topological polar surface area (TPSA) is 79.6 Å². The standard InChI is InChI=1S/C20H31N7O.HI/c1-4-19-25-23-15-27(19)13-11-22-20(21-2)24-16-8-7-12-26(14-16)17-9-5-6-10-18(17)28-3;/h5-6,9-10,15-16H,4,7-8,11-14H2,1-3H3,(H2,21,22,24);1H. The minimum Gasteiger partial charge on any atom is -0.495 e. The van der Waals surface area contributed by atoms with Crippen LogP contribution in [0.1, 0.15) is 25.6 Å². The number of para-hydroxylation sites is 2. The molecule has 1 aromatic carbocycles. The number of hydrogen-bond acceptors (Lipinski definition) is 5. The van der Waals surface area contributed by atoms with Gasteiger partial charge in [0.1, 0.15) is 17.9 Å². The van der Waals surface area contributed by atoms with E-state index in [4.69, 9.17) is 4.74 Å². The van der Waals surface area contributed by atoms with Crippen molar-refractivity contribution in [1.29, 1.82) is 0 Å². The van der Waals surface area contributed by atoms with E-state index in [1.807, 2.05) is 19.2 Å². The van der Waals surface area contributed by atoms with Gasteiger partial charge in [0.25, 0.3) is 0 Å². The van der Waals surface area contributed by atoms with Gasteiger partial charge in [-0.2, -0.15) is 0 Å². The number of aryl methyl sites for hydroxylation is 1. The zero-order valence-electron chi connectivity index (χ0n) is 17.5. The minimum absolute atomic E-state index is 0. The van der Waals surface area contributed by atoms with Crippen LogP contribution in [0.4, 0.5) is 5.69 Å². The highest BCUT2D eigenvalue weighted by Crippen LogP contribution is 2.29. The number of guanidine groups is 1. The van der Waals surface area contributed by atoms with Gasteiger partial charge >= 0.3 is 0 Å². The SMILES string of the molecule is CCc1nncn1CCNC(=NC)NC1CCCN(c2ccccc2OC)C1.I. The van der Waals surface area contributed by atoms with Crippen molar-refractivity contribution < 1.29 is 4.74 Å². The zero-order valence-corrected chi connectivity index (χ0v) is 19.8. The van der Waals surface area contributed by atoms with Crippen molar-refractivity contribution in [2.45, 2.75) is 38.8 Å². The molecule has 9 heteroatoms. The van der Waals surface area contributed by atoms with Gasteiger partial charge in [0.15, 0.2) is 5.96 Å². The largest absolute Gasteiger partial charge is 0.495 e. The van der Waals surface area contributed by atoms with Crippen LogP contribution in [0.2, 0.25) is 0 Å². The molecule has 0 amide bonds. The average molecular weight is 513 g/mol. The summed E-state index contributed by atoms with van der Waals surface area (Å²) in [4.78, 5) is 6.77. The number of benzene rings is 1. The van der Waals surface area contributed by atoms with Gasteiger partial charge in [0, 0.05) is 45.7 Å². The highest BCUT2D eigenvalue weighted by Gasteiger charge is 2.22. The van der Waals surface area contributed by atoms with Crippen LogP contribution in [-0.4, -0.2) is 60.6 Å². The second-order valence-corrected chi connectivity index (χ2v) is 6.89. The number of hydrogen-bond donors (Lipinski definition) is 2. The number of rotatable bonds is 7. The van der Waals surface area contributed by atoms with Crippen LogP contribution in [0.5, 0.6) is 5.75 Å². The van der Waals surface area contributed by atoms with Gasteiger partial charge < -0.3 is 24.8 Å². The Hall–Kier alpha value is -2.04. The Labute approximate surface area is 190 Å². The maximum atomic E-state index is 5.53. The third-order valence-electron chi connectivity index (χ3n) is 5.07. The molecule has 1 aliphatic rings. The highest BCUT2D eigenvalue weighted by molar-refractivity contribution is 14.0. The average Bonchev–Trinajstić information content (AvgIpc) is 3.20. The van der Waals surface area contributed by atoms with Crippen molar-refractivity contribution in [3.8, 4) is 5.75 Å². The van der Waals surface area contributed by atoms with Crippen LogP contribution in [0.15, 0.2) is 35.6 Å². The Bertz CT molecular complexity index is 780. The first-order chi connectivity index (χ1) is 13.7. The first-order valence-corrected chi connectivity index (χ1v) is 9.97. The lowest BCUT2D eigenvalue weighted by Gasteiger charge is -2.36. The molecular weight excluding hydrogens is 481 g/mol. The molecule has 29 heavy (non-hydrogen) atoms. The first-order valence-electron chi connectivity index (χ1n) is 9.97. The highest BCUT2D eigenvalue weighted by atomic mass is 127. The summed E-state index contributed by atoms with van der Waals surface area (Å²) in [7, 11) is 3.54. The van der Waals surface area contributed by atoms with Crippen molar-refractivity contribution in [2.24, 2.45) is 4.99 Å². The van der Waals surface area contributed by atoms with E-state index in [0.29, 0.717) is 6.04 Å². The van der Waals surface area contributed by atoms with Gasteiger partial charge in [-0.05, 0) is 25.0 Å². The Balaban J connectivity index is 0.00000300. The van der Waals surface area contributed by atoms with Crippen LogP contribution < -0.4 is 20.3 Å². The summed E-state index contributed by atoms with van der Waals surface area (Å²) in [6.07, 6.45) is 4.92. The monoisotopic (exact) mass is 513 g/mol. The lowest BCUT2D eigenvalue weighted by molar-refractivity contribution is 0.408. The molecule has 0 spiro atoms. The molecule has 1 saturated heterocycles. The molecule has 2 aromatic rings. The molecule has 2 heterocycles. The molecule has 160 valence electrons. The summed E-state index contributed by atoms with van der Waals surface area (Å²) in [5, 5.41) is 15.1. The Morgan fingerprint density at radius 3 is 2.93 bits per heavy atom. The number of methoxy groups -OCH3 is 1. The minimum atomic E-state index is 0. The Kier molecular flexibility index (Phi) is 9.49. The quantitative estimate of drug-likeness (QED) is 0.336. The summed E-state index contributed by atoms with van der Waals surface area (Å²) in [6.45, 7) is 5.64. The van der Waals surface area contributed by atoms with E-state index in [9.17, 15) is 0 Å². The molecule has 1 unspecified atom stereocenters. The van der Waals surface area contributed by atoms with Crippen LogP contribution in [-0.2, 0) is 13.0 Å². The zero-order chi connectivity index (χ0) is 19.8. The van der Waals surface area contributed by atoms with E-state index in [2.05, 4.69) is 54.3 Å². The van der Waals surface area contributed by atoms with Crippen LogP contribution in [0, 0.1) is 0 Å². The molecule has 0 saturated carbocycles. The van der Waals surface area contributed by atoms with Crippen molar-refractivity contribution in [2.75, 3.05) is 38.7 Å². The molecule has 0 bridgehead atoms. The third-order valence-corrected chi connectivity index (χ3v) is 5.07. The number of aliphatic imine (C=N–C) groups is 1. The summed E-state index contributed by atoms with van der Waals surface area (Å²) in [6, 6.07) is 8.55. The first kappa shape index (κ1) is 23.2. The fourth-order valence-corrected chi connectivity index (χ4v) is 3.63. The predicted octanol–water partition coefficient (Wildman–Crippen LogP) is 2.30. The van der Waals surface area contributed by atoms with E-state index in [1.165, 1.54) is 0 Å². The van der Waals surface area contributed by atoms with Crippen molar-refractivity contribution >= 4 is 35.6 Å². The smallest absolute Gasteiger partial charge is 0.191 e. The summed E-state index contributed by atoms with van der Waals surface area (Å²) in [5.41, 5.74) is 1.15. The molecular formula is C20H32IN7O. The van der Waals surface area contributed by atoms with Gasteiger partial charge in [-0.3, -0.25) is 4.99 Å². The van der Waals surface area contributed by atoms with E-state index in [1.54, 1.807) is 13.4 Å². The molecule has 1 fully saturated rings. The molecule has 2 N–H and O–H groups in total. The molecule has 3 rings (SSSR count). The van der Waals surface area contributed by atoms with Crippen LogP contribution >= 0.6 is 24.0 Å². The van der Waals surface area contributed by atoms with Gasteiger partial charge in [0.05, 0.1) is 12.8 Å². The summed E-state index contributed by atoms with van der Waals surface area (Å²) in [5.74, 6) is 2.76. The number of nitrogens with one attached hydrogen (secondary N) is 2. The van der Waals surface area contributed by atoms with Gasteiger partial charge in [-0.15, -0.1) is 34.2 Å². The lowest BCUT2D eigenvalue weighted by atomic mass is 10.0. The fourth-order valence-electron chi connectivity index (χ4n) is 3.63. The molecule has 1 aliphatic heterocycles. The van der Waals surface area contributed by atoms with Crippen molar-refractivity contribution in [3.63, 3.8) is 0 Å². The van der Waals surface area contributed by atoms with Crippen molar-refractivity contribution in [3.05, 3.63) is 36.4 Å². The normalized spacial score (nSPS) is 16.9. The van der Waals surface area contributed by atoms with Gasteiger partial charge in [-0.1, -0.05) is 19.1 Å². The second kappa shape index (κ2) is 11.8. The summed E-state index contributed by atoms with van der Waals surface area (Å²) >= 11 is 0. The van der Waals surface area contributed by atoms with E-state index >= 15 is 0 Å². The molecule has 8 nitrogen and oxygen atoms in total. The number of piperidine rings is 1. The number of aromatic nitrogens is 3. The Morgan fingerprint density at radius 2 is 2.17 bits per heavy atom. The fraction of sp³-hybridized carbons (Fsp3) is 0.550.